The van der Waals surface area contributed by atoms with Crippen LogP contribution in [0.3, 0.4) is 0 Å². The lowest BCUT2D eigenvalue weighted by Gasteiger charge is -2.36. The molecule has 1 saturated heterocycles. The molecule has 7 nitrogen and oxygen atoms in total. The fraction of sp³-hybridized carbons (Fsp3) is 0.524. The molecule has 0 spiro atoms. The Morgan fingerprint density at radius 3 is 2.46 bits per heavy atom. The normalized spacial score (nSPS) is 16.5. The van der Waals surface area contributed by atoms with Crippen molar-refractivity contribution in [3.05, 3.63) is 35.5 Å². The number of rotatable bonds is 6. The van der Waals surface area contributed by atoms with Crippen molar-refractivity contribution in [2.75, 3.05) is 55.9 Å². The van der Waals surface area contributed by atoms with Crippen LogP contribution < -0.4 is 19.3 Å². The minimum Gasteiger partial charge on any atom is -0.454 e. The molecule has 0 saturated carbocycles. The number of piperazine rings is 1. The molecule has 2 aliphatic rings. The van der Waals surface area contributed by atoms with Gasteiger partial charge in [0.05, 0.1) is 0 Å². The molecule has 2 aromatic rings. The second kappa shape index (κ2) is 8.22. The van der Waals surface area contributed by atoms with Gasteiger partial charge in [-0.05, 0) is 38.5 Å². The number of nitrogens with zero attached hydrogens (tertiary/aromatic N) is 5. The van der Waals surface area contributed by atoms with E-state index in [4.69, 9.17) is 14.5 Å². The van der Waals surface area contributed by atoms with E-state index in [2.05, 4.69) is 51.7 Å². The van der Waals surface area contributed by atoms with Crippen LogP contribution in [0.25, 0.3) is 0 Å². The van der Waals surface area contributed by atoms with Crippen molar-refractivity contribution in [1.82, 2.24) is 14.9 Å². The molecule has 28 heavy (non-hydrogen) atoms. The Kier molecular flexibility index (Phi) is 5.52. The molecule has 3 heterocycles. The predicted molar refractivity (Wildman–Crippen MR) is 110 cm³/mol. The topological polar surface area (TPSA) is 54.0 Å². The number of hydrogen-bond acceptors (Lipinski definition) is 7. The summed E-state index contributed by atoms with van der Waals surface area (Å²) in [6, 6.07) is 8.33. The summed E-state index contributed by atoms with van der Waals surface area (Å²) in [6.45, 7) is 13.4. The number of anilines is 2. The number of ether oxygens (including phenoxy) is 2. The van der Waals surface area contributed by atoms with Gasteiger partial charge >= 0.3 is 0 Å². The van der Waals surface area contributed by atoms with Crippen LogP contribution in [-0.2, 0) is 6.54 Å². The second-order valence-corrected chi connectivity index (χ2v) is 7.29. The van der Waals surface area contributed by atoms with Gasteiger partial charge in [0, 0.05) is 57.6 Å². The van der Waals surface area contributed by atoms with Crippen molar-refractivity contribution in [3.8, 4) is 11.5 Å². The third kappa shape index (κ3) is 3.99. The van der Waals surface area contributed by atoms with Gasteiger partial charge in [-0.3, -0.25) is 4.90 Å². The lowest BCUT2D eigenvalue weighted by atomic mass is 10.1. The summed E-state index contributed by atoms with van der Waals surface area (Å²) in [5, 5.41) is 0. The molecule has 0 radical (unpaired) electrons. The molecular formula is C21H29N5O2. The molecular weight excluding hydrogens is 354 g/mol. The first kappa shape index (κ1) is 18.8. The third-order valence-electron chi connectivity index (χ3n) is 5.41. The van der Waals surface area contributed by atoms with Crippen molar-refractivity contribution in [1.29, 1.82) is 0 Å². The van der Waals surface area contributed by atoms with E-state index >= 15 is 0 Å². The van der Waals surface area contributed by atoms with Gasteiger partial charge in [0.2, 0.25) is 12.7 Å². The minimum absolute atomic E-state index is 0.325. The standard InChI is InChI=1S/C21H29N5O2/c1-4-25(5-2)21-22-16(3)12-20(23-21)26-10-8-24(9-11-26)14-17-6-7-18-19(13-17)28-15-27-18/h6-7,12-13H,4-5,8-11,14-15H2,1-3H3. The Balaban J connectivity index is 1.39. The van der Waals surface area contributed by atoms with Crippen molar-refractivity contribution >= 4 is 11.8 Å². The summed E-state index contributed by atoms with van der Waals surface area (Å²) in [5.41, 5.74) is 2.29. The highest BCUT2D eigenvalue weighted by Crippen LogP contribution is 2.33. The second-order valence-electron chi connectivity index (χ2n) is 7.29. The molecule has 1 aromatic carbocycles. The van der Waals surface area contributed by atoms with E-state index in [1.165, 1.54) is 5.56 Å². The largest absolute Gasteiger partial charge is 0.454 e. The number of benzene rings is 1. The number of fused-ring (bicyclic) bond motifs is 1. The first-order valence-electron chi connectivity index (χ1n) is 10.1. The van der Waals surface area contributed by atoms with Gasteiger partial charge in [-0.15, -0.1) is 0 Å². The maximum absolute atomic E-state index is 5.50. The summed E-state index contributed by atoms with van der Waals surface area (Å²) in [6.07, 6.45) is 0. The van der Waals surface area contributed by atoms with Crippen LogP contribution in [0.2, 0.25) is 0 Å². The molecule has 2 aliphatic heterocycles. The maximum Gasteiger partial charge on any atom is 0.231 e. The van der Waals surface area contributed by atoms with Gasteiger partial charge in [0.25, 0.3) is 0 Å². The van der Waals surface area contributed by atoms with E-state index in [-0.39, 0.29) is 0 Å². The molecule has 4 rings (SSSR count). The van der Waals surface area contributed by atoms with Crippen molar-refractivity contribution in [2.24, 2.45) is 0 Å². The highest BCUT2D eigenvalue weighted by molar-refractivity contribution is 5.47. The van der Waals surface area contributed by atoms with E-state index in [1.54, 1.807) is 0 Å². The molecule has 0 aliphatic carbocycles. The molecule has 7 heteroatoms. The van der Waals surface area contributed by atoms with Gasteiger partial charge in [-0.1, -0.05) is 6.07 Å². The molecule has 1 fully saturated rings. The van der Waals surface area contributed by atoms with Crippen LogP contribution in [-0.4, -0.2) is 60.9 Å². The highest BCUT2D eigenvalue weighted by atomic mass is 16.7. The SMILES string of the molecule is CCN(CC)c1nc(C)cc(N2CCN(Cc3ccc4c(c3)OCO4)CC2)n1. The van der Waals surface area contributed by atoms with E-state index in [1.807, 2.05) is 13.0 Å². The van der Waals surface area contributed by atoms with Crippen molar-refractivity contribution in [2.45, 2.75) is 27.3 Å². The maximum atomic E-state index is 5.50. The van der Waals surface area contributed by atoms with Crippen molar-refractivity contribution < 1.29 is 9.47 Å². The Hall–Kier alpha value is -2.54. The quantitative estimate of drug-likeness (QED) is 0.760. The highest BCUT2D eigenvalue weighted by Gasteiger charge is 2.21. The molecule has 0 bridgehead atoms. The van der Waals surface area contributed by atoms with E-state index in [0.29, 0.717) is 6.79 Å². The molecule has 1 aromatic heterocycles. The molecule has 0 atom stereocenters. The Labute approximate surface area is 166 Å². The zero-order chi connectivity index (χ0) is 19.5. The number of aryl methyl sites for hydroxylation is 1. The smallest absolute Gasteiger partial charge is 0.231 e. The van der Waals surface area contributed by atoms with E-state index < -0.39 is 0 Å². The summed E-state index contributed by atoms with van der Waals surface area (Å²) in [4.78, 5) is 16.5. The van der Waals surface area contributed by atoms with Crippen LogP contribution >= 0.6 is 0 Å². The summed E-state index contributed by atoms with van der Waals surface area (Å²) in [5.74, 6) is 3.58. The Bertz CT molecular complexity index is 816. The van der Waals surface area contributed by atoms with Gasteiger partial charge in [-0.2, -0.15) is 4.98 Å². The number of hydrogen-bond donors (Lipinski definition) is 0. The first-order chi connectivity index (χ1) is 13.7. The lowest BCUT2D eigenvalue weighted by molar-refractivity contribution is 0.174. The predicted octanol–water partition coefficient (Wildman–Crippen LogP) is 2.68. The average molecular weight is 383 g/mol. The van der Waals surface area contributed by atoms with Crippen LogP contribution in [0.4, 0.5) is 11.8 Å². The van der Waals surface area contributed by atoms with Gasteiger partial charge in [0.1, 0.15) is 5.82 Å². The zero-order valence-corrected chi connectivity index (χ0v) is 17.0. The van der Waals surface area contributed by atoms with Gasteiger partial charge in [0.15, 0.2) is 11.5 Å². The van der Waals surface area contributed by atoms with Gasteiger partial charge < -0.3 is 19.3 Å². The fourth-order valence-electron chi connectivity index (χ4n) is 3.78. The van der Waals surface area contributed by atoms with Crippen LogP contribution in [0, 0.1) is 6.92 Å². The Morgan fingerprint density at radius 2 is 1.71 bits per heavy atom. The van der Waals surface area contributed by atoms with E-state index in [0.717, 1.165) is 74.8 Å². The van der Waals surface area contributed by atoms with Crippen LogP contribution in [0.5, 0.6) is 11.5 Å². The monoisotopic (exact) mass is 383 g/mol. The molecule has 0 unspecified atom stereocenters. The minimum atomic E-state index is 0.325. The lowest BCUT2D eigenvalue weighted by Crippen LogP contribution is -2.46. The molecule has 150 valence electrons. The fourth-order valence-corrected chi connectivity index (χ4v) is 3.78. The number of aromatic nitrogens is 2. The van der Waals surface area contributed by atoms with Crippen LogP contribution in [0.15, 0.2) is 24.3 Å². The van der Waals surface area contributed by atoms with Gasteiger partial charge in [-0.25, -0.2) is 4.98 Å². The Morgan fingerprint density at radius 1 is 0.964 bits per heavy atom. The molecule has 0 N–H and O–H groups in total. The van der Waals surface area contributed by atoms with Crippen molar-refractivity contribution in [3.63, 3.8) is 0 Å². The summed E-state index contributed by atoms with van der Waals surface area (Å²) in [7, 11) is 0. The van der Waals surface area contributed by atoms with Crippen LogP contribution in [0.1, 0.15) is 25.1 Å². The zero-order valence-electron chi connectivity index (χ0n) is 17.0. The van der Waals surface area contributed by atoms with E-state index in [9.17, 15) is 0 Å². The summed E-state index contributed by atoms with van der Waals surface area (Å²) >= 11 is 0. The summed E-state index contributed by atoms with van der Waals surface area (Å²) < 4.78 is 10.9. The third-order valence-corrected chi connectivity index (χ3v) is 5.41. The average Bonchev–Trinajstić information content (AvgIpc) is 3.17. The first-order valence-corrected chi connectivity index (χ1v) is 10.1. The molecule has 0 amide bonds.